The van der Waals surface area contributed by atoms with Crippen molar-refractivity contribution in [2.24, 2.45) is 0 Å². The van der Waals surface area contributed by atoms with Gasteiger partial charge in [0.15, 0.2) is 11.5 Å². The van der Waals surface area contributed by atoms with Gasteiger partial charge in [-0.05, 0) is 23.6 Å². The van der Waals surface area contributed by atoms with Crippen LogP contribution in [-0.2, 0) is 0 Å². The molecular weight excluding hydrogens is 216 g/mol. The summed E-state index contributed by atoms with van der Waals surface area (Å²) in [6.07, 6.45) is 5.69. The Labute approximate surface area is 98.4 Å². The summed E-state index contributed by atoms with van der Waals surface area (Å²) in [7, 11) is 3.27. The fraction of sp³-hybridized carbons (Fsp3) is 0.154. The molecule has 2 aromatic heterocycles. The van der Waals surface area contributed by atoms with Crippen molar-refractivity contribution >= 4 is 16.4 Å². The molecule has 0 amide bonds. The zero-order valence-electron chi connectivity index (χ0n) is 9.68. The molecule has 4 nitrogen and oxygen atoms in total. The third-order valence-corrected chi connectivity index (χ3v) is 2.88. The van der Waals surface area contributed by atoms with Crippen LogP contribution in [-0.4, -0.2) is 23.6 Å². The second-order valence-corrected chi connectivity index (χ2v) is 3.77. The Kier molecular flexibility index (Phi) is 2.14. The van der Waals surface area contributed by atoms with E-state index in [0.29, 0.717) is 0 Å². The molecule has 0 saturated carbocycles. The Bertz CT molecular complexity index is 688. The molecule has 0 aliphatic heterocycles. The lowest BCUT2D eigenvalue weighted by atomic mass is 10.1. The van der Waals surface area contributed by atoms with E-state index in [0.717, 1.165) is 27.9 Å². The van der Waals surface area contributed by atoms with Crippen LogP contribution in [0.3, 0.4) is 0 Å². The molecule has 86 valence electrons. The largest absolute Gasteiger partial charge is 0.493 e. The molecule has 4 heteroatoms. The smallest absolute Gasteiger partial charge is 0.161 e. The van der Waals surface area contributed by atoms with Gasteiger partial charge in [-0.1, -0.05) is 0 Å². The second kappa shape index (κ2) is 3.66. The highest BCUT2D eigenvalue weighted by atomic mass is 16.5. The summed E-state index contributed by atoms with van der Waals surface area (Å²) in [6.45, 7) is 0. The molecule has 0 aliphatic rings. The fourth-order valence-corrected chi connectivity index (χ4v) is 2.03. The molecule has 1 aromatic carbocycles. The highest BCUT2D eigenvalue weighted by Crippen LogP contribution is 2.33. The van der Waals surface area contributed by atoms with Crippen molar-refractivity contribution in [2.45, 2.75) is 0 Å². The normalized spacial score (nSPS) is 10.9. The zero-order valence-corrected chi connectivity index (χ0v) is 9.68. The number of methoxy groups -OCH3 is 2. The number of aromatic nitrogens is 2. The zero-order chi connectivity index (χ0) is 11.8. The molecule has 0 bridgehead atoms. The monoisotopic (exact) mass is 228 g/mol. The standard InChI is InChI=1S/C13H12N2O2/c1-16-11-7-9-3-5-15-6-4-14-13(15)10(9)8-12(11)17-2/h3-8H,1-2H3. The lowest BCUT2D eigenvalue weighted by Crippen LogP contribution is -1.92. The van der Waals surface area contributed by atoms with Gasteiger partial charge in [0.2, 0.25) is 0 Å². The minimum Gasteiger partial charge on any atom is -0.493 e. The van der Waals surface area contributed by atoms with E-state index in [2.05, 4.69) is 4.98 Å². The van der Waals surface area contributed by atoms with E-state index in [-0.39, 0.29) is 0 Å². The Balaban J connectivity index is 2.42. The Morgan fingerprint density at radius 3 is 2.59 bits per heavy atom. The number of fused-ring (bicyclic) bond motifs is 3. The van der Waals surface area contributed by atoms with E-state index in [1.54, 1.807) is 20.4 Å². The van der Waals surface area contributed by atoms with E-state index in [9.17, 15) is 0 Å². The summed E-state index contributed by atoms with van der Waals surface area (Å²) in [5.41, 5.74) is 0.920. The lowest BCUT2D eigenvalue weighted by Gasteiger charge is -2.09. The molecule has 17 heavy (non-hydrogen) atoms. The van der Waals surface area contributed by atoms with Gasteiger partial charge in [0, 0.05) is 24.0 Å². The first kappa shape index (κ1) is 9.96. The van der Waals surface area contributed by atoms with Crippen LogP contribution in [0.1, 0.15) is 0 Å². The van der Waals surface area contributed by atoms with Crippen LogP contribution in [0.5, 0.6) is 11.5 Å². The molecule has 0 atom stereocenters. The number of nitrogens with zero attached hydrogens (tertiary/aromatic N) is 2. The second-order valence-electron chi connectivity index (χ2n) is 3.77. The number of ether oxygens (including phenoxy) is 2. The molecule has 0 N–H and O–H groups in total. The summed E-state index contributed by atoms with van der Waals surface area (Å²) >= 11 is 0. The number of hydrogen-bond donors (Lipinski definition) is 0. The first-order chi connectivity index (χ1) is 8.33. The highest BCUT2D eigenvalue weighted by Gasteiger charge is 2.08. The summed E-state index contributed by atoms with van der Waals surface area (Å²) in [5, 5.41) is 2.14. The Morgan fingerprint density at radius 2 is 1.82 bits per heavy atom. The third-order valence-electron chi connectivity index (χ3n) is 2.88. The topological polar surface area (TPSA) is 35.8 Å². The molecular formula is C13H12N2O2. The van der Waals surface area contributed by atoms with Gasteiger partial charge in [-0.2, -0.15) is 0 Å². The van der Waals surface area contributed by atoms with Crippen LogP contribution in [0.2, 0.25) is 0 Å². The maximum atomic E-state index is 5.31. The predicted molar refractivity (Wildman–Crippen MR) is 65.8 cm³/mol. The molecule has 0 fully saturated rings. The van der Waals surface area contributed by atoms with Crippen LogP contribution in [0.25, 0.3) is 16.4 Å². The SMILES string of the molecule is COc1cc2ccn3ccnc3c2cc1OC. The van der Waals surface area contributed by atoms with E-state index in [1.807, 2.05) is 35.0 Å². The lowest BCUT2D eigenvalue weighted by molar-refractivity contribution is 0.356. The fourth-order valence-electron chi connectivity index (χ4n) is 2.03. The quantitative estimate of drug-likeness (QED) is 0.676. The van der Waals surface area contributed by atoms with Crippen LogP contribution < -0.4 is 9.47 Å². The van der Waals surface area contributed by atoms with Gasteiger partial charge in [-0.25, -0.2) is 4.98 Å². The Morgan fingerprint density at radius 1 is 1.06 bits per heavy atom. The summed E-state index contributed by atoms with van der Waals surface area (Å²) < 4.78 is 12.6. The van der Waals surface area contributed by atoms with Crippen molar-refractivity contribution in [2.75, 3.05) is 14.2 Å². The van der Waals surface area contributed by atoms with E-state index < -0.39 is 0 Å². The predicted octanol–water partition coefficient (Wildman–Crippen LogP) is 2.50. The van der Waals surface area contributed by atoms with Crippen LogP contribution in [0.4, 0.5) is 0 Å². The maximum absolute atomic E-state index is 5.31. The number of hydrogen-bond acceptors (Lipinski definition) is 3. The van der Waals surface area contributed by atoms with Gasteiger partial charge in [-0.15, -0.1) is 0 Å². The number of imidazole rings is 1. The first-order valence-electron chi connectivity index (χ1n) is 5.31. The van der Waals surface area contributed by atoms with Crippen molar-refractivity contribution in [3.63, 3.8) is 0 Å². The van der Waals surface area contributed by atoms with Crippen LogP contribution >= 0.6 is 0 Å². The first-order valence-corrected chi connectivity index (χ1v) is 5.31. The average Bonchev–Trinajstić information content (AvgIpc) is 2.85. The third kappa shape index (κ3) is 1.41. The summed E-state index contributed by atoms with van der Waals surface area (Å²) in [5.74, 6) is 1.45. The molecule has 3 rings (SSSR count). The van der Waals surface area contributed by atoms with Gasteiger partial charge >= 0.3 is 0 Å². The molecule has 0 spiro atoms. The van der Waals surface area contributed by atoms with Crippen molar-refractivity contribution in [3.8, 4) is 11.5 Å². The van der Waals surface area contributed by atoms with E-state index in [1.165, 1.54) is 0 Å². The van der Waals surface area contributed by atoms with Gasteiger partial charge < -0.3 is 13.9 Å². The van der Waals surface area contributed by atoms with Crippen LogP contribution in [0, 0.1) is 0 Å². The number of benzene rings is 1. The number of pyridine rings is 1. The van der Waals surface area contributed by atoms with Gasteiger partial charge in [0.1, 0.15) is 5.65 Å². The molecule has 0 radical (unpaired) electrons. The summed E-state index contributed by atoms with van der Waals surface area (Å²) in [6, 6.07) is 5.95. The summed E-state index contributed by atoms with van der Waals surface area (Å²) in [4.78, 5) is 4.34. The van der Waals surface area contributed by atoms with Gasteiger partial charge in [0.05, 0.1) is 14.2 Å². The molecule has 0 saturated heterocycles. The van der Waals surface area contributed by atoms with Crippen molar-refractivity contribution in [1.29, 1.82) is 0 Å². The van der Waals surface area contributed by atoms with Crippen molar-refractivity contribution < 1.29 is 9.47 Å². The minimum absolute atomic E-state index is 0.719. The van der Waals surface area contributed by atoms with Gasteiger partial charge in [-0.3, -0.25) is 0 Å². The molecule has 0 unspecified atom stereocenters. The van der Waals surface area contributed by atoms with Crippen LogP contribution in [0.15, 0.2) is 36.8 Å². The Hall–Kier alpha value is -2.23. The maximum Gasteiger partial charge on any atom is 0.161 e. The van der Waals surface area contributed by atoms with E-state index in [4.69, 9.17) is 9.47 Å². The average molecular weight is 228 g/mol. The molecule has 3 aromatic rings. The highest BCUT2D eigenvalue weighted by molar-refractivity contribution is 5.96. The van der Waals surface area contributed by atoms with Gasteiger partial charge in [0.25, 0.3) is 0 Å². The molecule has 2 heterocycles. The minimum atomic E-state index is 0.719. The van der Waals surface area contributed by atoms with Crippen molar-refractivity contribution in [1.82, 2.24) is 9.38 Å². The van der Waals surface area contributed by atoms with Crippen molar-refractivity contribution in [3.05, 3.63) is 36.8 Å². The number of rotatable bonds is 2. The molecule has 0 aliphatic carbocycles. The van der Waals surface area contributed by atoms with E-state index >= 15 is 0 Å².